The first-order valence-electron chi connectivity index (χ1n) is 10.6. The number of allylic oxidation sites excluding steroid dienone is 2. The summed E-state index contributed by atoms with van der Waals surface area (Å²) in [6, 6.07) is 2.30. The highest BCUT2D eigenvalue weighted by Gasteiger charge is 2.61. The average molecular weight is 524 g/mol. The predicted molar refractivity (Wildman–Crippen MR) is 122 cm³/mol. The molecule has 2 aliphatic carbocycles. The maximum atomic E-state index is 13.1. The summed E-state index contributed by atoms with van der Waals surface area (Å²) in [7, 11) is 0. The largest absolute Gasteiger partial charge is 0.454 e. The number of carbonyl (C=O) groups excluding carboxylic acids is 4. The predicted octanol–water partition coefficient (Wildman–Crippen LogP) is 3.72. The zero-order valence-corrected chi connectivity index (χ0v) is 20.3. The molecule has 2 bridgehead atoms. The van der Waals surface area contributed by atoms with Gasteiger partial charge in [0.1, 0.15) is 6.04 Å². The number of nitrogens with one attached hydrogen (secondary N) is 1. The monoisotopic (exact) mass is 522 g/mol. The van der Waals surface area contributed by atoms with Crippen LogP contribution in [0.2, 0.25) is 5.02 Å². The highest BCUT2D eigenvalue weighted by atomic mass is 79.9. The van der Waals surface area contributed by atoms with E-state index in [1.54, 1.807) is 32.9 Å². The number of carbonyl (C=O) groups is 4. The fraction of sp³-hybridized carbons (Fsp3) is 0.478. The van der Waals surface area contributed by atoms with Gasteiger partial charge < -0.3 is 10.1 Å². The molecule has 7 nitrogen and oxygen atoms in total. The number of anilines is 1. The summed E-state index contributed by atoms with van der Waals surface area (Å²) < 4.78 is 5.94. The highest BCUT2D eigenvalue weighted by molar-refractivity contribution is 9.10. The molecule has 2 fully saturated rings. The second-order valence-electron chi connectivity index (χ2n) is 8.97. The van der Waals surface area contributed by atoms with Gasteiger partial charge in [0.05, 0.1) is 16.9 Å². The van der Waals surface area contributed by atoms with Gasteiger partial charge in [-0.15, -0.1) is 0 Å². The van der Waals surface area contributed by atoms with Crippen LogP contribution in [0.25, 0.3) is 0 Å². The van der Waals surface area contributed by atoms with Crippen molar-refractivity contribution in [1.29, 1.82) is 0 Å². The molecular formula is C23H24BrClN2O5. The smallest absolute Gasteiger partial charge is 0.330 e. The van der Waals surface area contributed by atoms with E-state index < -0.39 is 24.5 Å². The minimum Gasteiger partial charge on any atom is -0.454 e. The van der Waals surface area contributed by atoms with E-state index in [0.29, 0.717) is 15.2 Å². The van der Waals surface area contributed by atoms with Crippen LogP contribution in [0.5, 0.6) is 0 Å². The highest BCUT2D eigenvalue weighted by Crippen LogP contribution is 2.53. The van der Waals surface area contributed by atoms with Gasteiger partial charge in [0.15, 0.2) is 6.61 Å². The number of halogens is 2. The summed E-state index contributed by atoms with van der Waals surface area (Å²) in [4.78, 5) is 52.5. The van der Waals surface area contributed by atoms with Crippen LogP contribution in [0.15, 0.2) is 28.8 Å². The quantitative estimate of drug-likeness (QED) is 0.348. The Hall–Kier alpha value is -2.19. The van der Waals surface area contributed by atoms with Gasteiger partial charge in [-0.3, -0.25) is 19.3 Å². The second kappa shape index (κ2) is 8.63. The number of ether oxygens (including phenoxy) is 1. The van der Waals surface area contributed by atoms with Gasteiger partial charge in [-0.2, -0.15) is 0 Å². The maximum Gasteiger partial charge on any atom is 0.330 e. The Morgan fingerprint density at radius 3 is 2.34 bits per heavy atom. The van der Waals surface area contributed by atoms with Crippen LogP contribution in [0.4, 0.5) is 5.69 Å². The second-order valence-corrected chi connectivity index (χ2v) is 10.2. The third-order valence-electron chi connectivity index (χ3n) is 6.54. The lowest BCUT2D eigenvalue weighted by Gasteiger charge is -2.28. The molecule has 3 aliphatic rings. The molecule has 9 heteroatoms. The lowest BCUT2D eigenvalue weighted by atomic mass is 9.85. The Labute approximate surface area is 199 Å². The molecule has 1 saturated carbocycles. The van der Waals surface area contributed by atoms with Gasteiger partial charge >= 0.3 is 5.97 Å². The van der Waals surface area contributed by atoms with Gasteiger partial charge in [-0.1, -0.05) is 37.6 Å². The number of esters is 1. The molecule has 1 aromatic carbocycles. The van der Waals surface area contributed by atoms with Crippen molar-refractivity contribution >= 4 is 56.9 Å². The van der Waals surface area contributed by atoms with Crippen LogP contribution in [-0.2, 0) is 23.9 Å². The number of imide groups is 1. The van der Waals surface area contributed by atoms with Crippen LogP contribution in [0.3, 0.4) is 0 Å². The van der Waals surface area contributed by atoms with Crippen molar-refractivity contribution in [2.45, 2.75) is 33.2 Å². The van der Waals surface area contributed by atoms with Gasteiger partial charge in [-0.05, 0) is 64.7 Å². The van der Waals surface area contributed by atoms with Crippen LogP contribution in [0.1, 0.15) is 25.8 Å². The molecule has 0 aromatic heterocycles. The Morgan fingerprint density at radius 2 is 1.78 bits per heavy atom. The number of rotatable bonds is 6. The minimum atomic E-state index is -1.06. The van der Waals surface area contributed by atoms with Crippen LogP contribution in [-0.4, -0.2) is 41.2 Å². The van der Waals surface area contributed by atoms with Gasteiger partial charge in [0.2, 0.25) is 11.8 Å². The summed E-state index contributed by atoms with van der Waals surface area (Å²) >= 11 is 9.40. The van der Waals surface area contributed by atoms with E-state index >= 15 is 0 Å². The third-order valence-corrected chi connectivity index (χ3v) is 7.74. The molecule has 4 rings (SSSR count). The van der Waals surface area contributed by atoms with E-state index in [-0.39, 0.29) is 41.4 Å². The Bertz CT molecular complexity index is 1010. The lowest BCUT2D eigenvalue weighted by molar-refractivity contribution is -0.162. The molecule has 170 valence electrons. The number of likely N-dealkylation sites (tertiary alicyclic amines) is 1. The summed E-state index contributed by atoms with van der Waals surface area (Å²) in [6.07, 6.45) is 4.82. The van der Waals surface area contributed by atoms with Gasteiger partial charge in [0, 0.05) is 10.2 Å². The Morgan fingerprint density at radius 1 is 1.19 bits per heavy atom. The fourth-order valence-corrected chi connectivity index (χ4v) is 5.69. The van der Waals surface area contributed by atoms with Crippen molar-refractivity contribution < 1.29 is 23.9 Å². The topological polar surface area (TPSA) is 92.8 Å². The molecule has 1 aromatic rings. The molecule has 1 N–H and O–H groups in total. The number of hydrogen-bond acceptors (Lipinski definition) is 5. The number of nitrogens with zero attached hydrogens (tertiary/aromatic N) is 1. The van der Waals surface area contributed by atoms with Crippen LogP contribution >= 0.6 is 27.5 Å². The number of amides is 3. The van der Waals surface area contributed by atoms with Crippen molar-refractivity contribution in [3.63, 3.8) is 0 Å². The maximum absolute atomic E-state index is 13.1. The van der Waals surface area contributed by atoms with Crippen LogP contribution in [0, 0.1) is 36.5 Å². The van der Waals surface area contributed by atoms with Crippen molar-refractivity contribution in [3.05, 3.63) is 39.3 Å². The summed E-state index contributed by atoms with van der Waals surface area (Å²) in [5.74, 6) is -2.93. The van der Waals surface area contributed by atoms with Gasteiger partial charge in [0.25, 0.3) is 5.91 Å². The first-order chi connectivity index (χ1) is 15.1. The molecule has 0 radical (unpaired) electrons. The SMILES string of the molecule is Cc1cc(Br)c(Cl)cc1NC(=O)COC(=O)[C@H](C(C)C)N1C(=O)[C@@H]2[C@H](C1=O)[C@H]1C=C[C@H]2C1. The fourth-order valence-electron chi connectivity index (χ4n) is 5.06. The van der Waals surface area contributed by atoms with E-state index in [4.69, 9.17) is 16.3 Å². The first kappa shape index (κ1) is 23.0. The Balaban J connectivity index is 1.42. The molecular weight excluding hydrogens is 500 g/mol. The van der Waals surface area contributed by atoms with Crippen molar-refractivity contribution in [3.8, 4) is 0 Å². The van der Waals surface area contributed by atoms with E-state index in [1.807, 2.05) is 12.2 Å². The molecule has 32 heavy (non-hydrogen) atoms. The van der Waals surface area contributed by atoms with E-state index in [2.05, 4.69) is 21.2 Å². The molecule has 1 heterocycles. The molecule has 3 amide bonds. The minimum absolute atomic E-state index is 0.0574. The number of aryl methyl sites for hydroxylation is 1. The van der Waals surface area contributed by atoms with Crippen molar-refractivity contribution in [2.75, 3.05) is 11.9 Å². The molecule has 0 unspecified atom stereocenters. The van der Waals surface area contributed by atoms with E-state index in [9.17, 15) is 19.2 Å². The average Bonchev–Trinajstić information content (AvgIpc) is 3.40. The Kier molecular flexibility index (Phi) is 6.20. The van der Waals surface area contributed by atoms with Gasteiger partial charge in [-0.25, -0.2) is 4.79 Å². The van der Waals surface area contributed by atoms with E-state index in [0.717, 1.165) is 16.9 Å². The zero-order chi connectivity index (χ0) is 23.3. The van der Waals surface area contributed by atoms with E-state index in [1.165, 1.54) is 0 Å². The molecule has 5 atom stereocenters. The van der Waals surface area contributed by atoms with Crippen molar-refractivity contribution in [2.24, 2.45) is 29.6 Å². The number of benzene rings is 1. The summed E-state index contributed by atoms with van der Waals surface area (Å²) in [5.41, 5.74) is 1.28. The number of hydrogen-bond donors (Lipinski definition) is 1. The molecule has 0 spiro atoms. The lowest BCUT2D eigenvalue weighted by Crippen LogP contribution is -2.50. The molecule has 1 aliphatic heterocycles. The normalized spacial score (nSPS) is 26.6. The molecule has 1 saturated heterocycles. The standard InChI is InChI=1S/C23H24BrClN2O5/c1-10(2)20(27-21(29)18-12-4-5-13(7-12)19(18)22(27)30)23(31)32-9-17(28)26-16-8-15(25)14(24)6-11(16)3/h4-6,8,10,12-13,18-20H,7,9H2,1-3H3,(H,26,28)/t12-,13-,18-,19+,20-/m0/s1. The summed E-state index contributed by atoms with van der Waals surface area (Å²) in [6.45, 7) is 4.77. The third kappa shape index (κ3) is 3.88. The first-order valence-corrected chi connectivity index (χ1v) is 11.7. The van der Waals surface area contributed by atoms with Crippen molar-refractivity contribution in [1.82, 2.24) is 4.90 Å². The van der Waals surface area contributed by atoms with Crippen LogP contribution < -0.4 is 5.32 Å². The zero-order valence-electron chi connectivity index (χ0n) is 17.9. The summed E-state index contributed by atoms with van der Waals surface area (Å²) in [5, 5.41) is 3.10. The number of fused-ring (bicyclic) bond motifs is 5.